The van der Waals surface area contributed by atoms with Gasteiger partial charge in [0.25, 0.3) is 11.1 Å². The van der Waals surface area contributed by atoms with Crippen LogP contribution in [0, 0.1) is 13.8 Å². The Hall–Kier alpha value is -3.26. The number of ether oxygens (including phenoxy) is 2. The molecule has 168 valence electrons. The number of carbonyl (C=O) groups excluding carboxylic acids is 3. The van der Waals surface area contributed by atoms with Gasteiger partial charge in [0.2, 0.25) is 5.91 Å². The Bertz CT molecular complexity index is 1060. The highest BCUT2D eigenvalue weighted by Crippen LogP contribution is 2.34. The fourth-order valence-corrected chi connectivity index (χ4v) is 4.12. The Balaban J connectivity index is 1.71. The first-order valence-electron chi connectivity index (χ1n) is 10.2. The summed E-state index contributed by atoms with van der Waals surface area (Å²) in [5.41, 5.74) is 3.34. The highest BCUT2D eigenvalue weighted by molar-refractivity contribution is 8.18. The summed E-state index contributed by atoms with van der Waals surface area (Å²) < 4.78 is 11.0. The van der Waals surface area contributed by atoms with Crippen LogP contribution in [0.5, 0.6) is 11.5 Å². The van der Waals surface area contributed by atoms with E-state index in [2.05, 4.69) is 5.32 Å². The predicted octanol–water partition coefficient (Wildman–Crippen LogP) is 4.78. The lowest BCUT2D eigenvalue weighted by atomic mass is 10.1. The molecule has 7 nitrogen and oxygen atoms in total. The Labute approximate surface area is 191 Å². The molecule has 2 aromatic carbocycles. The van der Waals surface area contributed by atoms with E-state index in [0.29, 0.717) is 29.4 Å². The van der Waals surface area contributed by atoms with E-state index < -0.39 is 17.1 Å². The van der Waals surface area contributed by atoms with E-state index in [1.807, 2.05) is 39.0 Å². The van der Waals surface area contributed by atoms with Gasteiger partial charge in [-0.1, -0.05) is 19.1 Å². The summed E-state index contributed by atoms with van der Waals surface area (Å²) in [5.74, 6) is 0.223. The SMILES string of the molecule is CCCOc1ccc(/C=C2\SC(=O)N(CC(=O)Nc3cc(C)cc(C)c3)C2=O)cc1OC. The fraction of sp³-hybridized carbons (Fsp3) is 0.292. The summed E-state index contributed by atoms with van der Waals surface area (Å²) in [6, 6.07) is 11.0. The maximum atomic E-state index is 12.8. The molecule has 1 aliphatic heterocycles. The number of anilines is 1. The second kappa shape index (κ2) is 10.4. The Kier molecular flexibility index (Phi) is 7.58. The standard InChI is InChI=1S/C24H26N2O5S/c1-5-8-31-19-7-6-17(12-20(19)30-4)13-21-23(28)26(24(29)32-21)14-22(27)25-18-10-15(2)9-16(3)11-18/h6-7,9-13H,5,8,14H2,1-4H3,(H,25,27)/b21-13-. The van der Waals surface area contributed by atoms with Crippen LogP contribution in [0.1, 0.15) is 30.0 Å². The molecular formula is C24H26N2O5S. The molecule has 1 saturated heterocycles. The predicted molar refractivity (Wildman–Crippen MR) is 126 cm³/mol. The highest BCUT2D eigenvalue weighted by atomic mass is 32.2. The number of methoxy groups -OCH3 is 1. The molecule has 0 saturated carbocycles. The zero-order chi connectivity index (χ0) is 23.3. The molecule has 0 radical (unpaired) electrons. The average Bonchev–Trinajstić information content (AvgIpc) is 2.99. The summed E-state index contributed by atoms with van der Waals surface area (Å²) in [7, 11) is 1.54. The van der Waals surface area contributed by atoms with Gasteiger partial charge in [0.05, 0.1) is 18.6 Å². The van der Waals surface area contributed by atoms with Gasteiger partial charge in [-0.15, -0.1) is 0 Å². The van der Waals surface area contributed by atoms with Crippen LogP contribution in [0.3, 0.4) is 0 Å². The van der Waals surface area contributed by atoms with Gasteiger partial charge in [-0.25, -0.2) is 0 Å². The third-order valence-electron chi connectivity index (χ3n) is 4.63. The summed E-state index contributed by atoms with van der Waals surface area (Å²) in [4.78, 5) is 38.8. The van der Waals surface area contributed by atoms with Crippen molar-refractivity contribution in [2.45, 2.75) is 27.2 Å². The van der Waals surface area contributed by atoms with E-state index in [9.17, 15) is 14.4 Å². The molecule has 0 bridgehead atoms. The summed E-state index contributed by atoms with van der Waals surface area (Å²) in [6.07, 6.45) is 2.48. The lowest BCUT2D eigenvalue weighted by Crippen LogP contribution is -2.36. The lowest BCUT2D eigenvalue weighted by Gasteiger charge is -2.13. The van der Waals surface area contributed by atoms with Crippen molar-refractivity contribution >= 4 is 40.6 Å². The molecule has 0 aliphatic carbocycles. The minimum absolute atomic E-state index is 0.249. The van der Waals surface area contributed by atoms with E-state index >= 15 is 0 Å². The fourth-order valence-electron chi connectivity index (χ4n) is 3.28. The number of benzene rings is 2. The molecule has 1 heterocycles. The number of rotatable bonds is 8. The van der Waals surface area contributed by atoms with E-state index in [4.69, 9.17) is 9.47 Å². The molecule has 0 spiro atoms. The molecule has 3 rings (SSSR count). The second-order valence-electron chi connectivity index (χ2n) is 7.45. The Morgan fingerprint density at radius 3 is 2.47 bits per heavy atom. The third-order valence-corrected chi connectivity index (χ3v) is 5.54. The van der Waals surface area contributed by atoms with Gasteiger partial charge in [-0.05, 0) is 79.1 Å². The van der Waals surface area contributed by atoms with Crippen molar-refractivity contribution in [2.24, 2.45) is 0 Å². The molecule has 1 N–H and O–H groups in total. The minimum atomic E-state index is -0.499. The third kappa shape index (κ3) is 5.70. The van der Waals surface area contributed by atoms with Crippen LogP contribution < -0.4 is 14.8 Å². The molecule has 32 heavy (non-hydrogen) atoms. The van der Waals surface area contributed by atoms with Gasteiger partial charge in [0.1, 0.15) is 6.54 Å². The zero-order valence-electron chi connectivity index (χ0n) is 18.6. The molecule has 1 aliphatic rings. The van der Waals surface area contributed by atoms with Crippen molar-refractivity contribution in [3.05, 3.63) is 58.0 Å². The van der Waals surface area contributed by atoms with Crippen LogP contribution in [0.4, 0.5) is 10.5 Å². The maximum absolute atomic E-state index is 12.8. The maximum Gasteiger partial charge on any atom is 0.294 e. The molecule has 2 aromatic rings. The number of aryl methyl sites for hydroxylation is 2. The molecule has 1 fully saturated rings. The van der Waals surface area contributed by atoms with Crippen LogP contribution in [-0.2, 0) is 9.59 Å². The summed E-state index contributed by atoms with van der Waals surface area (Å²) in [5, 5.41) is 2.27. The van der Waals surface area contributed by atoms with Crippen molar-refractivity contribution < 1.29 is 23.9 Å². The normalized spacial score (nSPS) is 14.8. The highest BCUT2D eigenvalue weighted by Gasteiger charge is 2.36. The van der Waals surface area contributed by atoms with Crippen LogP contribution in [0.2, 0.25) is 0 Å². The van der Waals surface area contributed by atoms with Gasteiger partial charge >= 0.3 is 0 Å². The Morgan fingerprint density at radius 2 is 1.81 bits per heavy atom. The van der Waals surface area contributed by atoms with Gasteiger partial charge in [-0.2, -0.15) is 0 Å². The number of amides is 3. The minimum Gasteiger partial charge on any atom is -0.493 e. The van der Waals surface area contributed by atoms with Crippen molar-refractivity contribution in [3.63, 3.8) is 0 Å². The van der Waals surface area contributed by atoms with Crippen molar-refractivity contribution in [1.29, 1.82) is 0 Å². The first-order valence-corrected chi connectivity index (χ1v) is 11.1. The number of hydrogen-bond acceptors (Lipinski definition) is 6. The van der Waals surface area contributed by atoms with Crippen molar-refractivity contribution in [3.8, 4) is 11.5 Å². The van der Waals surface area contributed by atoms with Crippen molar-refractivity contribution in [2.75, 3.05) is 25.6 Å². The molecule has 0 atom stereocenters. The smallest absolute Gasteiger partial charge is 0.294 e. The van der Waals surface area contributed by atoms with Crippen LogP contribution in [0.25, 0.3) is 6.08 Å². The molecular weight excluding hydrogens is 428 g/mol. The monoisotopic (exact) mass is 454 g/mol. The quantitative estimate of drug-likeness (QED) is 0.578. The van der Waals surface area contributed by atoms with Gasteiger partial charge in [0.15, 0.2) is 11.5 Å². The number of nitrogens with zero attached hydrogens (tertiary/aromatic N) is 1. The first-order chi connectivity index (χ1) is 15.3. The van der Waals surface area contributed by atoms with Crippen LogP contribution in [0.15, 0.2) is 41.3 Å². The molecule has 3 amide bonds. The zero-order valence-corrected chi connectivity index (χ0v) is 19.4. The number of nitrogens with one attached hydrogen (secondary N) is 1. The average molecular weight is 455 g/mol. The van der Waals surface area contributed by atoms with E-state index in [0.717, 1.165) is 34.2 Å². The number of thioether (sulfide) groups is 1. The molecule has 0 unspecified atom stereocenters. The van der Waals surface area contributed by atoms with Crippen LogP contribution >= 0.6 is 11.8 Å². The van der Waals surface area contributed by atoms with E-state index in [-0.39, 0.29) is 11.4 Å². The number of hydrogen-bond donors (Lipinski definition) is 1. The summed E-state index contributed by atoms with van der Waals surface area (Å²) >= 11 is 0.808. The largest absolute Gasteiger partial charge is 0.493 e. The van der Waals surface area contributed by atoms with E-state index in [1.54, 1.807) is 31.4 Å². The number of imide groups is 1. The van der Waals surface area contributed by atoms with Crippen LogP contribution in [-0.4, -0.2) is 42.2 Å². The van der Waals surface area contributed by atoms with Gasteiger partial charge < -0.3 is 14.8 Å². The Morgan fingerprint density at radius 1 is 1.09 bits per heavy atom. The van der Waals surface area contributed by atoms with Gasteiger partial charge in [0, 0.05) is 5.69 Å². The van der Waals surface area contributed by atoms with Crippen molar-refractivity contribution in [1.82, 2.24) is 4.90 Å². The number of carbonyl (C=O) groups is 3. The van der Waals surface area contributed by atoms with E-state index in [1.165, 1.54) is 0 Å². The molecule has 8 heteroatoms. The first kappa shape index (κ1) is 23.4. The molecule has 0 aromatic heterocycles. The summed E-state index contributed by atoms with van der Waals surface area (Å²) in [6.45, 7) is 6.10. The second-order valence-corrected chi connectivity index (χ2v) is 8.44. The lowest BCUT2D eigenvalue weighted by molar-refractivity contribution is -0.127. The van der Waals surface area contributed by atoms with Gasteiger partial charge in [-0.3, -0.25) is 19.3 Å². The topological polar surface area (TPSA) is 84.9 Å².